The Balaban J connectivity index is 1.90. The van der Waals surface area contributed by atoms with Gasteiger partial charge in [0.25, 0.3) is 5.91 Å². The molecule has 2 aromatic rings. The monoisotopic (exact) mass is 264 g/mol. The van der Waals surface area contributed by atoms with Gasteiger partial charge < -0.3 is 5.32 Å². The lowest BCUT2D eigenvalue weighted by molar-refractivity contribution is 0.0940. The van der Waals surface area contributed by atoms with E-state index in [1.807, 2.05) is 19.1 Å². The van der Waals surface area contributed by atoms with Crippen LogP contribution in [0.1, 0.15) is 28.4 Å². The second kappa shape index (κ2) is 5.77. The average molecular weight is 264 g/mol. The number of hydrogen-bond acceptors (Lipinski definition) is 4. The summed E-state index contributed by atoms with van der Waals surface area (Å²) >= 11 is 1.54. The van der Waals surface area contributed by atoms with Crippen LogP contribution in [0.2, 0.25) is 0 Å². The van der Waals surface area contributed by atoms with E-state index in [1.54, 1.807) is 22.3 Å². The van der Waals surface area contributed by atoms with Crippen molar-refractivity contribution in [2.24, 2.45) is 0 Å². The predicted octanol–water partition coefficient (Wildman–Crippen LogP) is 1.72. The summed E-state index contributed by atoms with van der Waals surface area (Å²) in [7, 11) is 0. The summed E-state index contributed by atoms with van der Waals surface area (Å²) in [5, 5.41) is 6.97. The van der Waals surface area contributed by atoms with Gasteiger partial charge in [-0.3, -0.25) is 9.48 Å². The van der Waals surface area contributed by atoms with E-state index in [4.69, 9.17) is 0 Å². The number of carbonyl (C=O) groups excluding carboxylic acids is 1. The van der Waals surface area contributed by atoms with Gasteiger partial charge in [0.05, 0.1) is 11.4 Å². The Morgan fingerprint density at radius 1 is 1.56 bits per heavy atom. The largest absolute Gasteiger partial charge is 0.347 e. The number of thiophene rings is 1. The van der Waals surface area contributed by atoms with E-state index < -0.39 is 0 Å². The first-order valence-electron chi connectivity index (χ1n) is 5.91. The highest BCUT2D eigenvalue weighted by Crippen LogP contribution is 2.16. The minimum absolute atomic E-state index is 0.0198. The summed E-state index contributed by atoms with van der Waals surface area (Å²) in [5.41, 5.74) is 0. The lowest BCUT2D eigenvalue weighted by Crippen LogP contribution is -2.35. The third kappa shape index (κ3) is 3.16. The van der Waals surface area contributed by atoms with Crippen molar-refractivity contribution < 1.29 is 4.79 Å². The Morgan fingerprint density at radius 3 is 3.00 bits per heavy atom. The average Bonchev–Trinajstić information content (AvgIpc) is 2.98. The smallest absolute Gasteiger partial charge is 0.261 e. The van der Waals surface area contributed by atoms with Gasteiger partial charge in [-0.1, -0.05) is 6.92 Å². The van der Waals surface area contributed by atoms with Crippen LogP contribution in [-0.4, -0.2) is 26.7 Å². The van der Waals surface area contributed by atoms with E-state index in [0.29, 0.717) is 6.54 Å². The van der Waals surface area contributed by atoms with Crippen molar-refractivity contribution in [2.75, 3.05) is 0 Å². The molecule has 0 saturated carbocycles. The molecule has 2 rings (SSSR count). The van der Waals surface area contributed by atoms with Gasteiger partial charge in [0.2, 0.25) is 0 Å². The molecule has 0 spiro atoms. The SMILES string of the molecule is CCc1ccc(C(=O)NC(C)Cn2cncn2)s1. The Morgan fingerprint density at radius 2 is 2.39 bits per heavy atom. The molecular weight excluding hydrogens is 248 g/mol. The number of carbonyl (C=O) groups is 1. The number of aryl methyl sites for hydroxylation is 1. The third-order valence-electron chi connectivity index (χ3n) is 2.54. The molecule has 1 atom stereocenters. The van der Waals surface area contributed by atoms with Crippen molar-refractivity contribution in [3.8, 4) is 0 Å². The topological polar surface area (TPSA) is 59.8 Å². The summed E-state index contributed by atoms with van der Waals surface area (Å²) in [6, 6.07) is 3.90. The number of hydrogen-bond donors (Lipinski definition) is 1. The van der Waals surface area contributed by atoms with Crippen LogP contribution in [0.25, 0.3) is 0 Å². The fourth-order valence-corrected chi connectivity index (χ4v) is 2.49. The second-order valence-electron chi connectivity index (χ2n) is 4.11. The van der Waals surface area contributed by atoms with E-state index >= 15 is 0 Å². The molecule has 2 aromatic heterocycles. The Bertz CT molecular complexity index is 506. The Kier molecular flexibility index (Phi) is 4.09. The van der Waals surface area contributed by atoms with E-state index in [9.17, 15) is 4.79 Å². The molecule has 2 heterocycles. The summed E-state index contributed by atoms with van der Waals surface area (Å²) in [6.07, 6.45) is 4.09. The van der Waals surface area contributed by atoms with Crippen LogP contribution in [0.15, 0.2) is 24.8 Å². The molecule has 6 heteroatoms. The van der Waals surface area contributed by atoms with Crippen LogP contribution in [-0.2, 0) is 13.0 Å². The van der Waals surface area contributed by atoms with Crippen molar-refractivity contribution in [1.82, 2.24) is 20.1 Å². The number of rotatable bonds is 5. The van der Waals surface area contributed by atoms with Crippen LogP contribution >= 0.6 is 11.3 Å². The summed E-state index contributed by atoms with van der Waals surface area (Å²) in [5.74, 6) is -0.0210. The van der Waals surface area contributed by atoms with Gasteiger partial charge in [-0.05, 0) is 25.5 Å². The van der Waals surface area contributed by atoms with Gasteiger partial charge in [-0.2, -0.15) is 5.10 Å². The van der Waals surface area contributed by atoms with Crippen molar-refractivity contribution >= 4 is 17.2 Å². The zero-order chi connectivity index (χ0) is 13.0. The van der Waals surface area contributed by atoms with Crippen molar-refractivity contribution in [3.05, 3.63) is 34.5 Å². The van der Waals surface area contributed by atoms with Crippen LogP contribution < -0.4 is 5.32 Å². The molecule has 0 aliphatic carbocycles. The number of aromatic nitrogens is 3. The van der Waals surface area contributed by atoms with Crippen molar-refractivity contribution in [1.29, 1.82) is 0 Å². The molecule has 0 bridgehead atoms. The zero-order valence-corrected chi connectivity index (χ0v) is 11.3. The van der Waals surface area contributed by atoms with Gasteiger partial charge >= 0.3 is 0 Å². The molecule has 0 radical (unpaired) electrons. The fourth-order valence-electron chi connectivity index (χ4n) is 1.64. The van der Waals surface area contributed by atoms with Crippen molar-refractivity contribution in [3.63, 3.8) is 0 Å². The van der Waals surface area contributed by atoms with Crippen molar-refractivity contribution in [2.45, 2.75) is 32.9 Å². The van der Waals surface area contributed by atoms with Crippen LogP contribution in [0, 0.1) is 0 Å². The van der Waals surface area contributed by atoms with Gasteiger partial charge in [-0.15, -0.1) is 11.3 Å². The standard InChI is InChI=1S/C12H16N4OS/c1-3-10-4-5-11(18-10)12(17)15-9(2)6-16-8-13-7-14-16/h4-5,7-9H,3,6H2,1-2H3,(H,15,17). The van der Waals surface area contributed by atoms with E-state index in [-0.39, 0.29) is 11.9 Å². The summed E-state index contributed by atoms with van der Waals surface area (Å²) < 4.78 is 1.71. The normalized spacial score (nSPS) is 12.3. The lowest BCUT2D eigenvalue weighted by atomic mass is 10.3. The van der Waals surface area contributed by atoms with Gasteiger partial charge in [0, 0.05) is 10.9 Å². The fraction of sp³-hybridized carbons (Fsp3) is 0.417. The molecule has 0 aliphatic heterocycles. The Labute approximate surface area is 110 Å². The summed E-state index contributed by atoms with van der Waals surface area (Å²) in [6.45, 7) is 4.66. The van der Waals surface area contributed by atoms with Crippen LogP contribution in [0.5, 0.6) is 0 Å². The number of nitrogens with zero attached hydrogens (tertiary/aromatic N) is 3. The molecule has 1 N–H and O–H groups in total. The van der Waals surface area contributed by atoms with E-state index in [0.717, 1.165) is 11.3 Å². The third-order valence-corrected chi connectivity index (χ3v) is 3.77. The molecule has 5 nitrogen and oxygen atoms in total. The first kappa shape index (κ1) is 12.8. The van der Waals surface area contributed by atoms with E-state index in [1.165, 1.54) is 11.2 Å². The predicted molar refractivity (Wildman–Crippen MR) is 70.6 cm³/mol. The maximum atomic E-state index is 12.0. The van der Waals surface area contributed by atoms with E-state index in [2.05, 4.69) is 22.3 Å². The van der Waals surface area contributed by atoms with Gasteiger partial charge in [0.1, 0.15) is 12.7 Å². The van der Waals surface area contributed by atoms with Crippen LogP contribution in [0.3, 0.4) is 0 Å². The molecule has 0 aliphatic rings. The second-order valence-corrected chi connectivity index (χ2v) is 5.28. The highest BCUT2D eigenvalue weighted by Gasteiger charge is 2.12. The summed E-state index contributed by atoms with van der Waals surface area (Å²) in [4.78, 5) is 17.8. The lowest BCUT2D eigenvalue weighted by Gasteiger charge is -2.12. The van der Waals surface area contributed by atoms with Gasteiger partial charge in [0.15, 0.2) is 0 Å². The molecule has 1 amide bonds. The molecule has 1 unspecified atom stereocenters. The zero-order valence-electron chi connectivity index (χ0n) is 10.5. The maximum absolute atomic E-state index is 12.0. The number of amides is 1. The first-order chi connectivity index (χ1) is 8.69. The first-order valence-corrected chi connectivity index (χ1v) is 6.72. The molecule has 96 valence electrons. The molecule has 0 aromatic carbocycles. The number of nitrogens with one attached hydrogen (secondary N) is 1. The molecule has 0 fully saturated rings. The van der Waals surface area contributed by atoms with Gasteiger partial charge in [-0.25, -0.2) is 4.98 Å². The minimum atomic E-state index is -0.0210. The van der Waals surface area contributed by atoms with Crippen LogP contribution in [0.4, 0.5) is 0 Å². The highest BCUT2D eigenvalue weighted by atomic mass is 32.1. The quantitative estimate of drug-likeness (QED) is 0.894. The highest BCUT2D eigenvalue weighted by molar-refractivity contribution is 7.14. The maximum Gasteiger partial charge on any atom is 0.261 e. The molecular formula is C12H16N4OS. The molecule has 0 saturated heterocycles. The Hall–Kier alpha value is -1.69. The minimum Gasteiger partial charge on any atom is -0.347 e. The molecule has 18 heavy (non-hydrogen) atoms.